The summed E-state index contributed by atoms with van der Waals surface area (Å²) in [5, 5.41) is 5.50. The summed E-state index contributed by atoms with van der Waals surface area (Å²) < 4.78 is 30.4. The van der Waals surface area contributed by atoms with Gasteiger partial charge >= 0.3 is 6.03 Å². The Morgan fingerprint density at radius 2 is 1.86 bits per heavy atom. The van der Waals surface area contributed by atoms with Crippen LogP contribution in [0.1, 0.15) is 19.4 Å². The molecule has 36 heavy (non-hydrogen) atoms. The molecule has 1 aliphatic rings. The van der Waals surface area contributed by atoms with Crippen molar-refractivity contribution in [2.75, 3.05) is 36.5 Å². The number of benzene rings is 2. The van der Waals surface area contributed by atoms with Crippen LogP contribution in [-0.2, 0) is 22.2 Å². The van der Waals surface area contributed by atoms with E-state index in [0.29, 0.717) is 43.6 Å². The average Bonchev–Trinajstić information content (AvgIpc) is 2.88. The van der Waals surface area contributed by atoms with Crippen LogP contribution in [0, 0.1) is 0 Å². The summed E-state index contributed by atoms with van der Waals surface area (Å²) in [6.07, 6.45) is 0. The van der Waals surface area contributed by atoms with Gasteiger partial charge in [-0.25, -0.2) is 27.9 Å². The number of anilines is 2. The summed E-state index contributed by atoms with van der Waals surface area (Å²) in [5.74, 6) is 0.584. The first-order chi connectivity index (χ1) is 17.4. The Bertz CT molecular complexity index is 1270. The molecule has 0 aliphatic carbocycles. The highest BCUT2D eigenvalue weighted by atomic mass is 32.2. The maximum atomic E-state index is 11.8. The number of urea groups is 1. The summed E-state index contributed by atoms with van der Waals surface area (Å²) in [5.41, 5.74) is 4.57. The van der Waals surface area contributed by atoms with Crippen LogP contribution in [0.25, 0.3) is 22.5 Å². The fourth-order valence-electron chi connectivity index (χ4n) is 4.01. The van der Waals surface area contributed by atoms with Crippen molar-refractivity contribution in [2.24, 2.45) is 0 Å². The number of hydrogen-bond acceptors (Lipinski definition) is 7. The first kappa shape index (κ1) is 25.5. The number of thiol groups is 1. The van der Waals surface area contributed by atoms with Gasteiger partial charge in [-0.15, -0.1) is 0 Å². The zero-order chi connectivity index (χ0) is 25.5. The molecule has 3 aromatic rings. The van der Waals surface area contributed by atoms with Gasteiger partial charge in [0.2, 0.25) is 16.8 Å². The molecule has 1 saturated heterocycles. The first-order valence-corrected chi connectivity index (χ1v) is 13.0. The number of carbonyl (C=O) groups excluding carboxylic acids is 1. The third kappa shape index (κ3) is 6.36. The van der Waals surface area contributed by atoms with E-state index >= 15 is 0 Å². The van der Waals surface area contributed by atoms with Crippen LogP contribution >= 0.6 is 0 Å². The van der Waals surface area contributed by atoms with E-state index in [2.05, 4.69) is 27.2 Å². The van der Waals surface area contributed by atoms with E-state index in [1.165, 1.54) is 0 Å². The second kappa shape index (κ2) is 11.9. The van der Waals surface area contributed by atoms with Gasteiger partial charge < -0.3 is 20.3 Å². The minimum absolute atomic E-state index is 0.104. The van der Waals surface area contributed by atoms with Crippen molar-refractivity contribution in [1.29, 1.82) is 0 Å². The summed E-state index contributed by atoms with van der Waals surface area (Å²) >= 11 is 0. The molecule has 4 rings (SSSR count). The number of morpholine rings is 1. The van der Waals surface area contributed by atoms with Gasteiger partial charge in [0.05, 0.1) is 30.6 Å². The summed E-state index contributed by atoms with van der Waals surface area (Å²) in [6, 6.07) is 16.8. The number of hydrogen-bond donors (Lipinski definition) is 4. The molecular weight excluding hydrogens is 480 g/mol. The Kier molecular flexibility index (Phi) is 8.47. The van der Waals surface area contributed by atoms with Gasteiger partial charge in [0, 0.05) is 36.4 Å². The van der Waals surface area contributed by atoms with Gasteiger partial charge in [0.25, 0.3) is 0 Å². The molecular formula is C25H30N6O4S. The largest absolute Gasteiger partial charge is 0.377 e. The number of nitrogens with one attached hydrogen (secondary N) is 3. The maximum Gasteiger partial charge on any atom is 0.319 e. The predicted octanol–water partition coefficient (Wildman–Crippen LogP) is 2.79. The zero-order valence-corrected chi connectivity index (χ0v) is 21.1. The number of aromatic nitrogens is 2. The molecule has 3 N–H and O–H groups in total. The number of nitrogens with zero attached hydrogens (tertiary/aromatic N) is 3. The predicted molar refractivity (Wildman–Crippen MR) is 140 cm³/mol. The van der Waals surface area contributed by atoms with E-state index in [1.54, 1.807) is 0 Å². The Hall–Kier alpha value is -3.54. The van der Waals surface area contributed by atoms with Crippen molar-refractivity contribution in [3.05, 3.63) is 60.2 Å². The van der Waals surface area contributed by atoms with Gasteiger partial charge in [-0.2, -0.15) is 0 Å². The van der Waals surface area contributed by atoms with Crippen LogP contribution < -0.4 is 20.3 Å². The van der Waals surface area contributed by atoms with Gasteiger partial charge in [-0.3, -0.25) is 0 Å². The molecule has 0 spiro atoms. The lowest BCUT2D eigenvalue weighted by Gasteiger charge is -2.33. The normalized spacial score (nSPS) is 15.6. The Morgan fingerprint density at radius 1 is 1.11 bits per heavy atom. The third-order valence-electron chi connectivity index (χ3n) is 5.81. The van der Waals surface area contributed by atoms with Gasteiger partial charge in [-0.1, -0.05) is 36.4 Å². The van der Waals surface area contributed by atoms with Crippen molar-refractivity contribution in [1.82, 2.24) is 20.0 Å². The van der Waals surface area contributed by atoms with E-state index in [0.717, 1.165) is 22.4 Å². The van der Waals surface area contributed by atoms with Gasteiger partial charge in [-0.05, 0) is 37.6 Å². The quantitative estimate of drug-likeness (QED) is 0.343. The highest BCUT2D eigenvalue weighted by molar-refractivity contribution is 7.70. The van der Waals surface area contributed by atoms with Crippen LogP contribution in [0.2, 0.25) is 0 Å². The monoisotopic (exact) mass is 510 g/mol. The molecule has 0 saturated carbocycles. The van der Waals surface area contributed by atoms with Crippen molar-refractivity contribution in [3.8, 4) is 22.5 Å². The van der Waals surface area contributed by atoms with E-state index in [4.69, 9.17) is 14.7 Å². The van der Waals surface area contributed by atoms with E-state index in [-0.39, 0.29) is 18.6 Å². The number of amides is 2. The van der Waals surface area contributed by atoms with Crippen molar-refractivity contribution in [3.63, 3.8) is 0 Å². The van der Waals surface area contributed by atoms with Crippen molar-refractivity contribution >= 4 is 28.6 Å². The van der Waals surface area contributed by atoms with Crippen LogP contribution in [0.3, 0.4) is 0 Å². The first-order valence-electron chi connectivity index (χ1n) is 11.8. The van der Waals surface area contributed by atoms with Crippen LogP contribution in [0.15, 0.2) is 54.6 Å². The number of ether oxygens (including phenoxy) is 1. The summed E-state index contributed by atoms with van der Waals surface area (Å²) in [4.78, 5) is 23.7. The fourth-order valence-corrected chi connectivity index (χ4v) is 4.31. The Labute approximate surface area is 212 Å². The highest BCUT2D eigenvalue weighted by Crippen LogP contribution is 2.30. The molecule has 1 atom stereocenters. The van der Waals surface area contributed by atoms with Crippen LogP contribution in [0.5, 0.6) is 0 Å². The summed E-state index contributed by atoms with van der Waals surface area (Å²) in [6.45, 7) is 6.47. The molecule has 2 heterocycles. The lowest BCUT2D eigenvalue weighted by atomic mass is 10.0. The Morgan fingerprint density at radius 3 is 2.58 bits per heavy atom. The number of rotatable bonds is 8. The SMILES string of the molecule is CCNC(=O)Nc1ccc(-c2cc(-c3ccccc3CN[SH](=O)=O)nc(N3CCOCC3C)n2)cc1. The average molecular weight is 511 g/mol. The molecule has 10 nitrogen and oxygen atoms in total. The molecule has 1 unspecified atom stereocenters. The molecule has 2 amide bonds. The van der Waals surface area contributed by atoms with Gasteiger partial charge in [0.1, 0.15) is 0 Å². The molecule has 2 aromatic carbocycles. The smallest absolute Gasteiger partial charge is 0.319 e. The summed E-state index contributed by atoms with van der Waals surface area (Å²) in [7, 11) is -2.72. The lowest BCUT2D eigenvalue weighted by molar-refractivity contribution is 0.0981. The van der Waals surface area contributed by atoms with E-state index in [9.17, 15) is 13.2 Å². The highest BCUT2D eigenvalue weighted by Gasteiger charge is 2.23. The molecule has 0 radical (unpaired) electrons. The molecule has 0 bridgehead atoms. The minimum atomic E-state index is -2.72. The molecule has 1 aromatic heterocycles. The minimum Gasteiger partial charge on any atom is -0.377 e. The molecule has 1 fully saturated rings. The van der Waals surface area contributed by atoms with E-state index in [1.807, 2.05) is 61.5 Å². The zero-order valence-electron chi connectivity index (χ0n) is 20.2. The second-order valence-electron chi connectivity index (χ2n) is 8.37. The Balaban J connectivity index is 1.74. The van der Waals surface area contributed by atoms with E-state index < -0.39 is 10.9 Å². The standard InChI is InChI=1S/C25H30N6O4S/c1-3-26-25(32)28-20-10-8-18(9-11-20)22-14-23(21-7-5-4-6-19(21)15-27-36(33)34)30-24(29-22)31-12-13-35-16-17(31)2/h4-11,14,17,36H,3,12-13,15-16H2,1-2H3,(H2,26,28,32)(H,27,33,34). The van der Waals surface area contributed by atoms with Crippen molar-refractivity contribution in [2.45, 2.75) is 26.4 Å². The maximum absolute atomic E-state index is 11.8. The van der Waals surface area contributed by atoms with Gasteiger partial charge in [0.15, 0.2) is 0 Å². The second-order valence-corrected chi connectivity index (χ2v) is 9.20. The number of carbonyl (C=O) groups is 1. The van der Waals surface area contributed by atoms with Crippen molar-refractivity contribution < 1.29 is 17.9 Å². The third-order valence-corrected chi connectivity index (χ3v) is 6.22. The van der Waals surface area contributed by atoms with Crippen LogP contribution in [-0.4, -0.2) is 56.8 Å². The molecule has 11 heteroatoms. The molecule has 1 aliphatic heterocycles. The topological polar surface area (TPSA) is 126 Å². The fraction of sp³-hybridized carbons (Fsp3) is 0.320. The lowest BCUT2D eigenvalue weighted by Crippen LogP contribution is -2.44. The van der Waals surface area contributed by atoms with Crippen LogP contribution in [0.4, 0.5) is 16.4 Å². The molecule has 190 valence electrons.